The normalized spacial score (nSPS) is 10.3. The number of hydrogen-bond acceptors (Lipinski definition) is 7. The summed E-state index contributed by atoms with van der Waals surface area (Å²) >= 11 is 0. The van der Waals surface area contributed by atoms with E-state index in [4.69, 9.17) is 9.47 Å². The topological polar surface area (TPSA) is 112 Å². The van der Waals surface area contributed by atoms with Crippen molar-refractivity contribution in [2.75, 3.05) is 18.1 Å². The van der Waals surface area contributed by atoms with Crippen molar-refractivity contribution >= 4 is 23.3 Å². The van der Waals surface area contributed by atoms with E-state index < -0.39 is 10.9 Å². The number of nitrogens with zero attached hydrogens (tertiary/aromatic N) is 3. The molecule has 0 fully saturated rings. The summed E-state index contributed by atoms with van der Waals surface area (Å²) < 4.78 is 10.5. The molecule has 0 bridgehead atoms. The lowest BCUT2D eigenvalue weighted by Gasteiger charge is -2.23. The summed E-state index contributed by atoms with van der Waals surface area (Å²) in [7, 11) is 0. The molecule has 0 atom stereocenters. The number of non-ortho nitro benzene ring substituents is 1. The predicted octanol–water partition coefficient (Wildman–Crippen LogP) is 3.78. The average Bonchev–Trinajstić information content (AvgIpc) is 2.82. The van der Waals surface area contributed by atoms with Gasteiger partial charge in [-0.1, -0.05) is 6.07 Å². The molecule has 0 unspecified atom stereocenters. The molecule has 1 amide bonds. The van der Waals surface area contributed by atoms with Crippen molar-refractivity contribution in [1.82, 2.24) is 4.98 Å². The zero-order valence-electron chi connectivity index (χ0n) is 17.3. The van der Waals surface area contributed by atoms with Gasteiger partial charge < -0.3 is 14.4 Å². The maximum Gasteiger partial charge on any atom is 0.338 e. The summed E-state index contributed by atoms with van der Waals surface area (Å²) in [6, 6.07) is 15.6. The molecule has 9 nitrogen and oxygen atoms in total. The Morgan fingerprint density at radius 2 is 1.78 bits per heavy atom. The molecule has 1 aromatic heterocycles. The number of aromatic nitrogens is 1. The molecule has 0 spiro atoms. The van der Waals surface area contributed by atoms with Crippen LogP contribution in [0.4, 0.5) is 11.4 Å². The molecular formula is C23H21N3O6. The Labute approximate surface area is 184 Å². The third-order valence-corrected chi connectivity index (χ3v) is 4.46. The number of anilines is 1. The first-order chi connectivity index (χ1) is 15.5. The number of amides is 1. The lowest BCUT2D eigenvalue weighted by atomic mass is 10.1. The number of nitro groups is 1. The van der Waals surface area contributed by atoms with Gasteiger partial charge in [0.05, 0.1) is 23.6 Å². The maximum atomic E-state index is 13.0. The summed E-state index contributed by atoms with van der Waals surface area (Å²) in [5.41, 5.74) is 1.69. The van der Waals surface area contributed by atoms with E-state index in [0.29, 0.717) is 17.0 Å². The second-order valence-corrected chi connectivity index (χ2v) is 6.65. The number of carbonyl (C=O) groups excluding carboxylic acids is 2. The third kappa shape index (κ3) is 5.88. The van der Waals surface area contributed by atoms with E-state index in [0.717, 1.165) is 5.56 Å². The second kappa shape index (κ2) is 10.7. The Balaban J connectivity index is 1.76. The zero-order chi connectivity index (χ0) is 22.9. The predicted molar refractivity (Wildman–Crippen MR) is 116 cm³/mol. The molecule has 2 aromatic carbocycles. The molecule has 1 heterocycles. The molecule has 9 heteroatoms. The van der Waals surface area contributed by atoms with E-state index in [1.165, 1.54) is 29.2 Å². The van der Waals surface area contributed by atoms with Crippen LogP contribution in [-0.4, -0.2) is 35.0 Å². The van der Waals surface area contributed by atoms with Crippen molar-refractivity contribution in [2.24, 2.45) is 0 Å². The molecular weight excluding hydrogens is 414 g/mol. The lowest BCUT2D eigenvalue weighted by molar-refractivity contribution is -0.384. The van der Waals surface area contributed by atoms with Crippen LogP contribution in [0.2, 0.25) is 0 Å². The van der Waals surface area contributed by atoms with Crippen LogP contribution in [0.5, 0.6) is 5.75 Å². The molecule has 0 aliphatic heterocycles. The van der Waals surface area contributed by atoms with E-state index in [9.17, 15) is 19.7 Å². The molecule has 32 heavy (non-hydrogen) atoms. The Hall–Kier alpha value is -4.27. The van der Waals surface area contributed by atoms with Gasteiger partial charge >= 0.3 is 5.97 Å². The first-order valence-corrected chi connectivity index (χ1v) is 9.81. The number of esters is 1. The Morgan fingerprint density at radius 1 is 1.06 bits per heavy atom. The van der Waals surface area contributed by atoms with E-state index >= 15 is 0 Å². The van der Waals surface area contributed by atoms with E-state index in [2.05, 4.69) is 4.98 Å². The van der Waals surface area contributed by atoms with Crippen molar-refractivity contribution in [3.05, 3.63) is 94.3 Å². The van der Waals surface area contributed by atoms with Crippen LogP contribution >= 0.6 is 0 Å². The number of benzene rings is 2. The van der Waals surface area contributed by atoms with Crippen LogP contribution in [0, 0.1) is 10.1 Å². The number of rotatable bonds is 9. The first kappa shape index (κ1) is 22.4. The largest absolute Gasteiger partial charge is 0.484 e. The van der Waals surface area contributed by atoms with Crippen LogP contribution in [0.25, 0.3) is 0 Å². The van der Waals surface area contributed by atoms with Gasteiger partial charge in [0.15, 0.2) is 6.61 Å². The van der Waals surface area contributed by atoms with Gasteiger partial charge in [-0.05, 0) is 55.0 Å². The van der Waals surface area contributed by atoms with Crippen molar-refractivity contribution in [1.29, 1.82) is 0 Å². The number of pyridine rings is 1. The summed E-state index contributed by atoms with van der Waals surface area (Å²) in [5.74, 6) is -0.440. The molecule has 0 saturated heterocycles. The summed E-state index contributed by atoms with van der Waals surface area (Å²) in [5, 5.41) is 10.8. The van der Waals surface area contributed by atoms with Gasteiger partial charge in [-0.2, -0.15) is 0 Å². The van der Waals surface area contributed by atoms with Crippen LogP contribution in [0.3, 0.4) is 0 Å². The van der Waals surface area contributed by atoms with Gasteiger partial charge in [-0.25, -0.2) is 4.79 Å². The highest BCUT2D eigenvalue weighted by Gasteiger charge is 2.18. The van der Waals surface area contributed by atoms with Crippen LogP contribution < -0.4 is 9.64 Å². The minimum absolute atomic E-state index is 0.0661. The third-order valence-electron chi connectivity index (χ3n) is 4.46. The second-order valence-electron chi connectivity index (χ2n) is 6.65. The molecule has 3 rings (SSSR count). The van der Waals surface area contributed by atoms with E-state index in [1.54, 1.807) is 49.6 Å². The van der Waals surface area contributed by atoms with Crippen molar-refractivity contribution in [3.63, 3.8) is 0 Å². The van der Waals surface area contributed by atoms with Crippen molar-refractivity contribution < 1.29 is 24.0 Å². The standard InChI is InChI=1S/C23H21N3O6/c1-2-31-23(28)18-5-7-19(8-6-18)25(15-17-4-3-13-24-14-17)22(27)16-32-21-11-9-20(10-12-21)26(29)30/h3-14H,2,15-16H2,1H3. The first-order valence-electron chi connectivity index (χ1n) is 9.81. The van der Waals surface area contributed by atoms with Gasteiger partial charge in [-0.15, -0.1) is 0 Å². The van der Waals surface area contributed by atoms with Crippen molar-refractivity contribution in [3.8, 4) is 5.75 Å². The summed E-state index contributed by atoms with van der Waals surface area (Å²) in [6.07, 6.45) is 3.30. The highest BCUT2D eigenvalue weighted by atomic mass is 16.6. The number of ether oxygens (including phenoxy) is 2. The summed E-state index contributed by atoms with van der Waals surface area (Å²) in [6.45, 7) is 1.96. The maximum absolute atomic E-state index is 13.0. The van der Waals surface area contributed by atoms with E-state index in [1.807, 2.05) is 6.07 Å². The number of carbonyl (C=O) groups is 2. The van der Waals surface area contributed by atoms with Gasteiger partial charge in [0.2, 0.25) is 0 Å². The Bertz CT molecular complexity index is 1070. The zero-order valence-corrected chi connectivity index (χ0v) is 17.3. The van der Waals surface area contributed by atoms with E-state index in [-0.39, 0.29) is 31.4 Å². The highest BCUT2D eigenvalue weighted by molar-refractivity contribution is 5.95. The van der Waals surface area contributed by atoms with Crippen molar-refractivity contribution in [2.45, 2.75) is 13.5 Å². The molecule has 0 N–H and O–H groups in total. The fourth-order valence-electron chi connectivity index (χ4n) is 2.88. The minimum atomic E-state index is -0.509. The highest BCUT2D eigenvalue weighted by Crippen LogP contribution is 2.21. The minimum Gasteiger partial charge on any atom is -0.484 e. The molecule has 0 saturated carbocycles. The number of nitro benzene ring substituents is 1. The monoisotopic (exact) mass is 435 g/mol. The smallest absolute Gasteiger partial charge is 0.338 e. The van der Waals surface area contributed by atoms with Gasteiger partial charge in [0.25, 0.3) is 11.6 Å². The van der Waals surface area contributed by atoms with Crippen LogP contribution in [0.1, 0.15) is 22.8 Å². The average molecular weight is 435 g/mol. The molecule has 0 aliphatic rings. The molecule has 0 radical (unpaired) electrons. The Kier molecular flexibility index (Phi) is 7.47. The number of hydrogen-bond donors (Lipinski definition) is 0. The lowest BCUT2D eigenvalue weighted by Crippen LogP contribution is -2.34. The van der Waals surface area contributed by atoms with Gasteiger partial charge in [0, 0.05) is 30.2 Å². The van der Waals surface area contributed by atoms with Gasteiger partial charge in [0.1, 0.15) is 5.75 Å². The molecule has 164 valence electrons. The fourth-order valence-corrected chi connectivity index (χ4v) is 2.88. The van der Waals surface area contributed by atoms with Gasteiger partial charge in [-0.3, -0.25) is 19.9 Å². The SMILES string of the molecule is CCOC(=O)c1ccc(N(Cc2cccnc2)C(=O)COc2ccc([N+](=O)[O-])cc2)cc1. The summed E-state index contributed by atoms with van der Waals surface area (Å²) in [4.78, 5) is 40.8. The Morgan fingerprint density at radius 3 is 2.38 bits per heavy atom. The fraction of sp³-hybridized carbons (Fsp3) is 0.174. The quantitative estimate of drug-likeness (QED) is 0.286. The van der Waals surface area contributed by atoms with Crippen LogP contribution in [0.15, 0.2) is 73.1 Å². The molecule has 0 aliphatic carbocycles. The molecule has 3 aromatic rings. The van der Waals surface area contributed by atoms with Crippen LogP contribution in [-0.2, 0) is 16.1 Å².